The van der Waals surface area contributed by atoms with Crippen molar-refractivity contribution < 1.29 is 4.79 Å². The highest BCUT2D eigenvalue weighted by Crippen LogP contribution is 2.29. The Morgan fingerprint density at radius 1 is 1.27 bits per heavy atom. The SMILES string of the molecule is CC1CCCC(N(C)C(=O)C(C)C(N)c2ccccc2)C1.Cl. The molecule has 0 bridgehead atoms. The third-order valence-electron chi connectivity index (χ3n) is 4.92. The van der Waals surface area contributed by atoms with Gasteiger partial charge in [-0.3, -0.25) is 4.79 Å². The molecule has 1 aromatic carbocycles. The van der Waals surface area contributed by atoms with Crippen LogP contribution in [0, 0.1) is 11.8 Å². The Morgan fingerprint density at radius 3 is 2.50 bits per heavy atom. The van der Waals surface area contributed by atoms with E-state index in [1.165, 1.54) is 12.8 Å². The van der Waals surface area contributed by atoms with E-state index in [1.807, 2.05) is 49.2 Å². The van der Waals surface area contributed by atoms with E-state index in [0.29, 0.717) is 6.04 Å². The van der Waals surface area contributed by atoms with Crippen LogP contribution in [0.25, 0.3) is 0 Å². The van der Waals surface area contributed by atoms with Crippen LogP contribution < -0.4 is 5.73 Å². The zero-order chi connectivity index (χ0) is 15.4. The number of amides is 1. The Balaban J connectivity index is 0.00000242. The minimum absolute atomic E-state index is 0. The molecular formula is C18H29ClN2O. The molecule has 0 aromatic heterocycles. The molecule has 0 saturated heterocycles. The van der Waals surface area contributed by atoms with Gasteiger partial charge >= 0.3 is 0 Å². The lowest BCUT2D eigenvalue weighted by Gasteiger charge is -2.36. The third-order valence-corrected chi connectivity index (χ3v) is 4.92. The summed E-state index contributed by atoms with van der Waals surface area (Å²) >= 11 is 0. The van der Waals surface area contributed by atoms with Gasteiger partial charge in [0.15, 0.2) is 0 Å². The first kappa shape index (κ1) is 19.0. The topological polar surface area (TPSA) is 46.3 Å². The Labute approximate surface area is 140 Å². The maximum atomic E-state index is 12.7. The number of nitrogens with two attached hydrogens (primary N) is 1. The standard InChI is InChI=1S/C18H28N2O.ClH/c1-13-8-7-11-16(12-13)20(3)18(21)14(2)17(19)15-9-5-4-6-10-15;/h4-6,9-10,13-14,16-17H,7-8,11-12,19H2,1-3H3;1H. The predicted molar refractivity (Wildman–Crippen MR) is 94.0 cm³/mol. The van der Waals surface area contributed by atoms with E-state index in [9.17, 15) is 4.79 Å². The highest BCUT2D eigenvalue weighted by molar-refractivity contribution is 5.85. The molecular weight excluding hydrogens is 296 g/mol. The molecule has 4 heteroatoms. The smallest absolute Gasteiger partial charge is 0.227 e. The summed E-state index contributed by atoms with van der Waals surface area (Å²) in [6, 6.07) is 10.1. The van der Waals surface area contributed by atoms with E-state index in [4.69, 9.17) is 5.73 Å². The average molecular weight is 325 g/mol. The van der Waals surface area contributed by atoms with Crippen LogP contribution in [0.4, 0.5) is 0 Å². The molecule has 2 N–H and O–H groups in total. The summed E-state index contributed by atoms with van der Waals surface area (Å²) in [5.41, 5.74) is 7.32. The third kappa shape index (κ3) is 4.47. The van der Waals surface area contributed by atoms with Crippen molar-refractivity contribution in [3.05, 3.63) is 35.9 Å². The summed E-state index contributed by atoms with van der Waals surface area (Å²) in [7, 11) is 1.94. The van der Waals surface area contributed by atoms with Crippen molar-refractivity contribution in [3.63, 3.8) is 0 Å². The summed E-state index contributed by atoms with van der Waals surface area (Å²) in [6.45, 7) is 4.23. The fourth-order valence-corrected chi connectivity index (χ4v) is 3.37. The van der Waals surface area contributed by atoms with E-state index < -0.39 is 0 Å². The molecule has 1 fully saturated rings. The number of carbonyl (C=O) groups excluding carboxylic acids is 1. The largest absolute Gasteiger partial charge is 0.342 e. The zero-order valence-electron chi connectivity index (χ0n) is 13.9. The van der Waals surface area contributed by atoms with Crippen LogP contribution >= 0.6 is 12.4 Å². The van der Waals surface area contributed by atoms with Gasteiger partial charge in [-0.15, -0.1) is 12.4 Å². The first-order valence-corrected chi connectivity index (χ1v) is 8.08. The number of halogens is 1. The maximum absolute atomic E-state index is 12.7. The Bertz CT molecular complexity index is 465. The van der Waals surface area contributed by atoms with Gasteiger partial charge in [-0.2, -0.15) is 0 Å². The van der Waals surface area contributed by atoms with Crippen LogP contribution in [0.2, 0.25) is 0 Å². The Morgan fingerprint density at radius 2 is 1.91 bits per heavy atom. The molecule has 0 radical (unpaired) electrons. The van der Waals surface area contributed by atoms with Gasteiger partial charge in [0.25, 0.3) is 0 Å². The number of nitrogens with zero attached hydrogens (tertiary/aromatic N) is 1. The zero-order valence-corrected chi connectivity index (χ0v) is 14.7. The number of benzene rings is 1. The van der Waals surface area contributed by atoms with Gasteiger partial charge in [0.1, 0.15) is 0 Å². The summed E-state index contributed by atoms with van der Waals surface area (Å²) in [5, 5.41) is 0. The summed E-state index contributed by atoms with van der Waals surface area (Å²) in [4.78, 5) is 14.7. The van der Waals surface area contributed by atoms with E-state index in [-0.39, 0.29) is 30.3 Å². The van der Waals surface area contributed by atoms with Gasteiger partial charge < -0.3 is 10.6 Å². The maximum Gasteiger partial charge on any atom is 0.227 e. The molecule has 1 aliphatic carbocycles. The lowest BCUT2D eigenvalue weighted by molar-refractivity contribution is -0.137. The summed E-state index contributed by atoms with van der Waals surface area (Å²) < 4.78 is 0. The molecule has 4 unspecified atom stereocenters. The fourth-order valence-electron chi connectivity index (χ4n) is 3.37. The monoisotopic (exact) mass is 324 g/mol. The predicted octanol–water partition coefficient (Wildman–Crippen LogP) is 3.78. The molecule has 0 spiro atoms. The van der Waals surface area contributed by atoms with Gasteiger partial charge in [-0.1, -0.05) is 57.0 Å². The second kappa shape index (κ2) is 8.54. The fraction of sp³-hybridized carbons (Fsp3) is 0.611. The average Bonchev–Trinajstić information content (AvgIpc) is 2.53. The molecule has 124 valence electrons. The van der Waals surface area contributed by atoms with Gasteiger partial charge in [0.05, 0.1) is 5.92 Å². The first-order chi connectivity index (χ1) is 10.0. The number of hydrogen-bond donors (Lipinski definition) is 1. The van der Waals surface area contributed by atoms with Crippen LogP contribution in [-0.2, 0) is 4.79 Å². The number of hydrogen-bond acceptors (Lipinski definition) is 2. The molecule has 0 heterocycles. The molecule has 4 atom stereocenters. The normalized spacial score (nSPS) is 24.0. The molecule has 1 amide bonds. The van der Waals surface area contributed by atoms with Gasteiger partial charge in [-0.25, -0.2) is 0 Å². The lowest BCUT2D eigenvalue weighted by Crippen LogP contribution is -2.44. The van der Waals surface area contributed by atoms with E-state index >= 15 is 0 Å². The summed E-state index contributed by atoms with van der Waals surface area (Å²) in [6.07, 6.45) is 4.76. The van der Waals surface area contributed by atoms with Crippen LogP contribution in [0.1, 0.15) is 51.1 Å². The molecule has 2 rings (SSSR count). The van der Waals surface area contributed by atoms with Crippen molar-refractivity contribution in [2.75, 3.05) is 7.05 Å². The second-order valence-corrected chi connectivity index (χ2v) is 6.60. The Kier molecular flexibility index (Phi) is 7.37. The highest BCUT2D eigenvalue weighted by Gasteiger charge is 2.30. The van der Waals surface area contributed by atoms with Crippen LogP contribution in [0.3, 0.4) is 0 Å². The molecule has 1 aliphatic rings. The quantitative estimate of drug-likeness (QED) is 0.916. The minimum atomic E-state index is -0.234. The van der Waals surface area contributed by atoms with Gasteiger partial charge in [0.2, 0.25) is 5.91 Å². The van der Waals surface area contributed by atoms with Crippen molar-refractivity contribution in [2.24, 2.45) is 17.6 Å². The van der Waals surface area contributed by atoms with E-state index in [1.54, 1.807) is 0 Å². The second-order valence-electron chi connectivity index (χ2n) is 6.60. The van der Waals surface area contributed by atoms with Gasteiger partial charge in [0, 0.05) is 19.1 Å². The van der Waals surface area contributed by atoms with Crippen LogP contribution in [0.15, 0.2) is 30.3 Å². The number of rotatable bonds is 4. The summed E-state index contributed by atoms with van der Waals surface area (Å²) in [5.74, 6) is 0.706. The number of carbonyl (C=O) groups is 1. The van der Waals surface area contributed by atoms with Crippen molar-refractivity contribution in [2.45, 2.75) is 51.6 Å². The van der Waals surface area contributed by atoms with E-state index in [2.05, 4.69) is 6.92 Å². The first-order valence-electron chi connectivity index (χ1n) is 8.08. The van der Waals surface area contributed by atoms with Crippen LogP contribution in [0.5, 0.6) is 0 Å². The molecule has 22 heavy (non-hydrogen) atoms. The van der Waals surface area contributed by atoms with Crippen molar-refractivity contribution in [1.82, 2.24) is 4.90 Å². The van der Waals surface area contributed by atoms with Crippen molar-refractivity contribution >= 4 is 18.3 Å². The highest BCUT2D eigenvalue weighted by atomic mass is 35.5. The molecule has 1 aromatic rings. The van der Waals surface area contributed by atoms with E-state index in [0.717, 1.165) is 24.3 Å². The van der Waals surface area contributed by atoms with Crippen LogP contribution in [-0.4, -0.2) is 23.9 Å². The van der Waals surface area contributed by atoms with Crippen molar-refractivity contribution in [3.8, 4) is 0 Å². The molecule has 3 nitrogen and oxygen atoms in total. The van der Waals surface area contributed by atoms with Crippen molar-refractivity contribution in [1.29, 1.82) is 0 Å². The Hall–Kier alpha value is -1.06. The molecule has 0 aliphatic heterocycles. The molecule has 1 saturated carbocycles. The minimum Gasteiger partial charge on any atom is -0.342 e. The van der Waals surface area contributed by atoms with Gasteiger partial charge in [-0.05, 0) is 24.3 Å². The lowest BCUT2D eigenvalue weighted by atomic mass is 9.85.